The Labute approximate surface area is 131 Å². The molecule has 0 aliphatic rings. The van der Waals surface area contributed by atoms with Crippen LogP contribution in [0, 0.1) is 10.1 Å². The van der Waals surface area contributed by atoms with Gasteiger partial charge in [-0.3, -0.25) is 14.9 Å². The molecule has 114 valence electrons. The number of nitro benzene ring substituents is 1. The molecule has 22 heavy (non-hydrogen) atoms. The Hall–Kier alpha value is -2.60. The van der Waals surface area contributed by atoms with Crippen LogP contribution in [0.2, 0.25) is 5.02 Å². The second-order valence-electron chi connectivity index (χ2n) is 4.48. The Balaban J connectivity index is 1.99. The van der Waals surface area contributed by atoms with Crippen LogP contribution in [-0.2, 0) is 4.79 Å². The number of benzene rings is 2. The number of nitro groups is 1. The number of hydrogen-bond acceptors (Lipinski definition) is 4. The summed E-state index contributed by atoms with van der Waals surface area (Å²) in [6.45, 7) is 1.59. The van der Waals surface area contributed by atoms with Crippen molar-refractivity contribution in [3.05, 3.63) is 63.7 Å². The lowest BCUT2D eigenvalue weighted by molar-refractivity contribution is -0.384. The number of halogens is 1. The first-order chi connectivity index (χ1) is 10.5. The summed E-state index contributed by atoms with van der Waals surface area (Å²) in [5.41, 5.74) is 0.406. The number of hydrogen-bond donors (Lipinski definition) is 1. The lowest BCUT2D eigenvalue weighted by Gasteiger charge is -2.15. The lowest BCUT2D eigenvalue weighted by atomic mass is 10.2. The van der Waals surface area contributed by atoms with Crippen LogP contribution in [-0.4, -0.2) is 16.9 Å². The third-order valence-corrected chi connectivity index (χ3v) is 3.17. The normalized spacial score (nSPS) is 11.5. The number of nitrogens with one attached hydrogen (secondary N) is 1. The number of nitrogens with zero attached hydrogens (tertiary/aromatic N) is 1. The molecular weight excluding hydrogens is 308 g/mol. The fourth-order valence-corrected chi connectivity index (χ4v) is 1.87. The minimum Gasteiger partial charge on any atom is -0.479 e. The van der Waals surface area contributed by atoms with E-state index < -0.39 is 11.0 Å². The number of non-ortho nitro benzene ring substituents is 1. The van der Waals surface area contributed by atoms with Crippen LogP contribution in [0.3, 0.4) is 0 Å². The molecule has 7 heteroatoms. The number of rotatable bonds is 5. The van der Waals surface area contributed by atoms with Crippen LogP contribution in [0.4, 0.5) is 11.4 Å². The summed E-state index contributed by atoms with van der Waals surface area (Å²) >= 11 is 5.96. The highest BCUT2D eigenvalue weighted by atomic mass is 35.5. The van der Waals surface area contributed by atoms with Crippen molar-refractivity contribution in [3.8, 4) is 5.75 Å². The molecule has 2 aromatic rings. The Kier molecular flexibility index (Phi) is 4.95. The van der Waals surface area contributed by atoms with Gasteiger partial charge in [0.1, 0.15) is 5.75 Å². The molecule has 0 saturated heterocycles. The summed E-state index contributed by atoms with van der Waals surface area (Å²) in [6, 6.07) is 12.4. The van der Waals surface area contributed by atoms with E-state index in [1.54, 1.807) is 31.2 Å². The maximum atomic E-state index is 12.0. The van der Waals surface area contributed by atoms with E-state index in [9.17, 15) is 14.9 Å². The van der Waals surface area contributed by atoms with Crippen LogP contribution < -0.4 is 10.1 Å². The fraction of sp³-hybridized carbons (Fsp3) is 0.133. The molecule has 0 aliphatic carbocycles. The zero-order valence-electron chi connectivity index (χ0n) is 11.7. The predicted molar refractivity (Wildman–Crippen MR) is 83.3 cm³/mol. The van der Waals surface area contributed by atoms with Crippen molar-refractivity contribution in [2.24, 2.45) is 0 Å². The number of carbonyl (C=O) groups is 1. The van der Waals surface area contributed by atoms with Crippen LogP contribution in [0.1, 0.15) is 6.92 Å². The molecule has 0 heterocycles. The minimum absolute atomic E-state index is 0.0432. The molecule has 0 radical (unpaired) electrons. The van der Waals surface area contributed by atoms with Crippen LogP contribution in [0.15, 0.2) is 48.5 Å². The van der Waals surface area contributed by atoms with E-state index in [0.717, 1.165) is 0 Å². The van der Waals surface area contributed by atoms with Crippen molar-refractivity contribution >= 4 is 28.9 Å². The molecule has 0 bridgehead atoms. The van der Waals surface area contributed by atoms with E-state index >= 15 is 0 Å². The van der Waals surface area contributed by atoms with Crippen molar-refractivity contribution in [2.75, 3.05) is 5.32 Å². The third-order valence-electron chi connectivity index (χ3n) is 2.86. The van der Waals surface area contributed by atoms with Gasteiger partial charge in [-0.2, -0.15) is 0 Å². The minimum atomic E-state index is -0.768. The van der Waals surface area contributed by atoms with E-state index in [2.05, 4.69) is 5.32 Å². The molecule has 6 nitrogen and oxygen atoms in total. The molecule has 0 aliphatic heterocycles. The maximum Gasteiger partial charge on any atom is 0.269 e. The van der Waals surface area contributed by atoms with Crippen LogP contribution in [0.5, 0.6) is 5.75 Å². The summed E-state index contributed by atoms with van der Waals surface area (Å²) in [5.74, 6) is 0.0317. The fourth-order valence-electron chi connectivity index (χ4n) is 1.69. The number of anilines is 1. The monoisotopic (exact) mass is 320 g/mol. The Morgan fingerprint density at radius 1 is 1.23 bits per heavy atom. The average molecular weight is 321 g/mol. The average Bonchev–Trinajstić information content (AvgIpc) is 2.50. The first kappa shape index (κ1) is 15.8. The molecule has 0 spiro atoms. The number of ether oxygens (including phenoxy) is 1. The Morgan fingerprint density at radius 2 is 1.86 bits per heavy atom. The first-order valence-electron chi connectivity index (χ1n) is 6.44. The summed E-state index contributed by atoms with van der Waals surface area (Å²) in [6.07, 6.45) is -0.768. The first-order valence-corrected chi connectivity index (χ1v) is 6.81. The number of para-hydroxylation sites is 1. The molecule has 1 unspecified atom stereocenters. The van der Waals surface area contributed by atoms with Crippen molar-refractivity contribution in [1.29, 1.82) is 0 Å². The standard InChI is InChI=1S/C15H13ClN2O4/c1-10(22-14-5-3-2-4-13(14)16)15(19)17-11-6-8-12(9-7-11)18(20)21/h2-10H,1H3,(H,17,19). The third kappa shape index (κ3) is 3.95. The van der Waals surface area contributed by atoms with Crippen LogP contribution >= 0.6 is 11.6 Å². The molecule has 2 rings (SSSR count). The van der Waals surface area contributed by atoms with E-state index in [-0.39, 0.29) is 11.6 Å². The molecule has 2 aromatic carbocycles. The van der Waals surface area contributed by atoms with Gasteiger partial charge in [0.25, 0.3) is 11.6 Å². The van der Waals surface area contributed by atoms with Crippen molar-refractivity contribution in [1.82, 2.24) is 0 Å². The molecule has 0 fully saturated rings. The summed E-state index contributed by atoms with van der Waals surface area (Å²) in [7, 11) is 0. The van der Waals surface area contributed by atoms with Gasteiger partial charge in [0.2, 0.25) is 0 Å². The van der Waals surface area contributed by atoms with Crippen LogP contribution in [0.25, 0.3) is 0 Å². The zero-order chi connectivity index (χ0) is 16.1. The van der Waals surface area contributed by atoms with Gasteiger partial charge >= 0.3 is 0 Å². The van der Waals surface area contributed by atoms with Gasteiger partial charge in [0.05, 0.1) is 9.95 Å². The van der Waals surface area contributed by atoms with Gasteiger partial charge in [-0.15, -0.1) is 0 Å². The van der Waals surface area contributed by atoms with E-state index in [1.165, 1.54) is 24.3 Å². The number of amides is 1. The van der Waals surface area contributed by atoms with Gasteiger partial charge < -0.3 is 10.1 Å². The largest absolute Gasteiger partial charge is 0.479 e. The Morgan fingerprint density at radius 3 is 2.45 bits per heavy atom. The molecular formula is C15H13ClN2O4. The lowest BCUT2D eigenvalue weighted by Crippen LogP contribution is -2.30. The smallest absolute Gasteiger partial charge is 0.269 e. The van der Waals surface area contributed by atoms with E-state index in [4.69, 9.17) is 16.3 Å². The topological polar surface area (TPSA) is 81.5 Å². The van der Waals surface area contributed by atoms with E-state index in [1.807, 2.05) is 0 Å². The molecule has 1 amide bonds. The SMILES string of the molecule is CC(Oc1ccccc1Cl)C(=O)Nc1ccc([N+](=O)[O-])cc1. The van der Waals surface area contributed by atoms with Gasteiger partial charge in [-0.05, 0) is 31.2 Å². The maximum absolute atomic E-state index is 12.0. The second-order valence-corrected chi connectivity index (χ2v) is 4.89. The van der Waals surface area contributed by atoms with Crippen molar-refractivity contribution < 1.29 is 14.5 Å². The highest BCUT2D eigenvalue weighted by Crippen LogP contribution is 2.24. The molecule has 1 atom stereocenters. The predicted octanol–water partition coefficient (Wildman–Crippen LogP) is 3.65. The zero-order valence-corrected chi connectivity index (χ0v) is 12.4. The summed E-state index contributed by atoms with van der Waals surface area (Å²) in [4.78, 5) is 22.1. The van der Waals surface area contributed by atoms with Crippen molar-refractivity contribution in [2.45, 2.75) is 13.0 Å². The van der Waals surface area contributed by atoms with Gasteiger partial charge in [0, 0.05) is 17.8 Å². The summed E-state index contributed by atoms with van der Waals surface area (Å²) < 4.78 is 5.49. The second kappa shape index (κ2) is 6.91. The number of carbonyl (C=O) groups excluding carboxylic acids is 1. The highest BCUT2D eigenvalue weighted by Gasteiger charge is 2.16. The highest BCUT2D eigenvalue weighted by molar-refractivity contribution is 6.32. The van der Waals surface area contributed by atoms with Crippen molar-refractivity contribution in [3.63, 3.8) is 0 Å². The molecule has 0 aromatic heterocycles. The Bertz CT molecular complexity index is 688. The molecule has 1 N–H and O–H groups in total. The molecule has 0 saturated carbocycles. The van der Waals surface area contributed by atoms with Gasteiger partial charge in [-0.1, -0.05) is 23.7 Å². The van der Waals surface area contributed by atoms with Gasteiger partial charge in [0.15, 0.2) is 6.10 Å². The van der Waals surface area contributed by atoms with E-state index in [0.29, 0.717) is 16.5 Å². The summed E-state index contributed by atoms with van der Waals surface area (Å²) in [5, 5.41) is 13.6. The van der Waals surface area contributed by atoms with Gasteiger partial charge in [-0.25, -0.2) is 0 Å². The quantitative estimate of drug-likeness (QED) is 0.673.